The second-order valence-electron chi connectivity index (χ2n) is 5.33. The molecule has 0 fully saturated rings. The maximum Gasteiger partial charge on any atom is 0.191 e. The van der Waals surface area contributed by atoms with E-state index in [1.807, 2.05) is 36.1 Å². The molecule has 0 aliphatic rings. The lowest BCUT2D eigenvalue weighted by Gasteiger charge is -2.12. The molecule has 0 saturated carbocycles. The molecule has 0 radical (unpaired) electrons. The van der Waals surface area contributed by atoms with Gasteiger partial charge in [0.1, 0.15) is 5.75 Å². The molecule has 1 aromatic carbocycles. The lowest BCUT2D eigenvalue weighted by Crippen LogP contribution is -2.37. The molecule has 7 heteroatoms. The minimum Gasteiger partial charge on any atom is -0.497 e. The van der Waals surface area contributed by atoms with Crippen LogP contribution in [-0.4, -0.2) is 36.4 Å². The lowest BCUT2D eigenvalue weighted by molar-refractivity contribution is 0.414. The molecule has 0 aliphatic carbocycles. The zero-order chi connectivity index (χ0) is 16.5. The van der Waals surface area contributed by atoms with Crippen molar-refractivity contribution in [3.63, 3.8) is 0 Å². The van der Waals surface area contributed by atoms with Crippen molar-refractivity contribution in [1.29, 1.82) is 0 Å². The van der Waals surface area contributed by atoms with E-state index >= 15 is 0 Å². The number of methoxy groups -OCH3 is 1. The van der Waals surface area contributed by atoms with Crippen molar-refractivity contribution < 1.29 is 4.74 Å². The smallest absolute Gasteiger partial charge is 0.191 e. The molecule has 0 aliphatic heterocycles. The van der Waals surface area contributed by atoms with Crippen molar-refractivity contribution in [2.75, 3.05) is 20.7 Å². The zero-order valence-electron chi connectivity index (χ0n) is 14.5. The zero-order valence-corrected chi connectivity index (χ0v) is 16.8. The van der Waals surface area contributed by atoms with Crippen molar-refractivity contribution in [3.8, 4) is 5.75 Å². The number of hydrogen-bond donors (Lipinski definition) is 2. The van der Waals surface area contributed by atoms with Gasteiger partial charge in [-0.2, -0.15) is 5.10 Å². The minimum atomic E-state index is 0. The van der Waals surface area contributed by atoms with Gasteiger partial charge in [-0.1, -0.05) is 12.1 Å². The fraction of sp³-hybridized carbons (Fsp3) is 0.412. The van der Waals surface area contributed by atoms with Crippen LogP contribution in [0.15, 0.2) is 41.7 Å². The van der Waals surface area contributed by atoms with Crippen molar-refractivity contribution >= 4 is 29.9 Å². The van der Waals surface area contributed by atoms with Gasteiger partial charge in [0.25, 0.3) is 0 Å². The molecule has 0 saturated heterocycles. The van der Waals surface area contributed by atoms with Crippen LogP contribution in [0.5, 0.6) is 5.75 Å². The number of aryl methyl sites for hydroxylation is 2. The van der Waals surface area contributed by atoms with Gasteiger partial charge in [0.2, 0.25) is 0 Å². The molecule has 1 heterocycles. The third kappa shape index (κ3) is 6.77. The number of rotatable bonds is 7. The van der Waals surface area contributed by atoms with Crippen molar-refractivity contribution in [2.45, 2.75) is 19.4 Å². The quantitative estimate of drug-likeness (QED) is 0.299. The molecule has 2 aromatic rings. The highest BCUT2D eigenvalue weighted by Gasteiger charge is 2.00. The molecule has 0 amide bonds. The summed E-state index contributed by atoms with van der Waals surface area (Å²) in [5, 5.41) is 10.8. The van der Waals surface area contributed by atoms with Crippen LogP contribution in [0.1, 0.15) is 17.5 Å². The number of nitrogens with one attached hydrogen (secondary N) is 2. The number of benzene rings is 1. The standard InChI is InChI=1S/C17H25N5O.HI/c1-18-17(19-9-5-7-15-12-21-22(2)13-15)20-11-14-6-4-8-16(10-14)23-3;/h4,6,8,10,12-13H,5,7,9,11H2,1-3H3,(H2,18,19,20);1H. The maximum absolute atomic E-state index is 5.23. The Morgan fingerprint density at radius 3 is 2.79 bits per heavy atom. The van der Waals surface area contributed by atoms with Crippen LogP contribution in [-0.2, 0) is 20.0 Å². The second kappa shape index (κ2) is 10.9. The third-order valence-corrected chi connectivity index (χ3v) is 3.51. The highest BCUT2D eigenvalue weighted by molar-refractivity contribution is 14.0. The van der Waals surface area contributed by atoms with Crippen LogP contribution in [0.4, 0.5) is 0 Å². The Morgan fingerprint density at radius 2 is 2.12 bits per heavy atom. The minimum absolute atomic E-state index is 0. The van der Waals surface area contributed by atoms with Crippen molar-refractivity contribution in [3.05, 3.63) is 47.8 Å². The molecule has 0 unspecified atom stereocenters. The van der Waals surface area contributed by atoms with E-state index in [1.54, 1.807) is 14.2 Å². The summed E-state index contributed by atoms with van der Waals surface area (Å²) < 4.78 is 7.06. The van der Waals surface area contributed by atoms with E-state index in [2.05, 4.69) is 33.0 Å². The first-order valence-corrected chi connectivity index (χ1v) is 7.76. The Hall–Kier alpha value is -1.77. The number of aliphatic imine (C=N–C) groups is 1. The molecular weight excluding hydrogens is 417 g/mol. The lowest BCUT2D eigenvalue weighted by atomic mass is 10.2. The number of hydrogen-bond acceptors (Lipinski definition) is 3. The fourth-order valence-corrected chi connectivity index (χ4v) is 2.29. The van der Waals surface area contributed by atoms with Crippen LogP contribution in [0.25, 0.3) is 0 Å². The predicted octanol–water partition coefficient (Wildman–Crippen LogP) is 2.34. The highest BCUT2D eigenvalue weighted by Crippen LogP contribution is 2.12. The van der Waals surface area contributed by atoms with Gasteiger partial charge in [-0.15, -0.1) is 24.0 Å². The maximum atomic E-state index is 5.23. The molecule has 0 atom stereocenters. The topological polar surface area (TPSA) is 63.5 Å². The van der Waals surface area contributed by atoms with Gasteiger partial charge in [-0.3, -0.25) is 9.67 Å². The van der Waals surface area contributed by atoms with Crippen LogP contribution in [0.2, 0.25) is 0 Å². The van der Waals surface area contributed by atoms with Gasteiger partial charge in [0.05, 0.1) is 13.3 Å². The van der Waals surface area contributed by atoms with Crippen LogP contribution in [0, 0.1) is 0 Å². The monoisotopic (exact) mass is 443 g/mol. The molecule has 2 rings (SSSR count). The first-order valence-electron chi connectivity index (χ1n) is 7.76. The van der Waals surface area contributed by atoms with Gasteiger partial charge in [0, 0.05) is 33.4 Å². The molecule has 1 aromatic heterocycles. The number of nitrogens with zero attached hydrogens (tertiary/aromatic N) is 3. The molecule has 132 valence electrons. The van der Waals surface area contributed by atoms with E-state index in [4.69, 9.17) is 4.74 Å². The predicted molar refractivity (Wildman–Crippen MR) is 108 cm³/mol. The van der Waals surface area contributed by atoms with Crippen LogP contribution < -0.4 is 15.4 Å². The van der Waals surface area contributed by atoms with E-state index in [0.29, 0.717) is 6.54 Å². The summed E-state index contributed by atoms with van der Waals surface area (Å²) >= 11 is 0. The Labute approximate surface area is 160 Å². The average Bonchev–Trinajstić information content (AvgIpc) is 2.99. The Balaban J connectivity index is 0.00000288. The second-order valence-corrected chi connectivity index (χ2v) is 5.33. The van der Waals surface area contributed by atoms with E-state index in [9.17, 15) is 0 Å². The summed E-state index contributed by atoms with van der Waals surface area (Å²) in [7, 11) is 5.39. The first kappa shape index (κ1) is 20.3. The third-order valence-electron chi connectivity index (χ3n) is 3.51. The molecule has 24 heavy (non-hydrogen) atoms. The molecule has 6 nitrogen and oxygen atoms in total. The SMILES string of the molecule is CN=C(NCCCc1cnn(C)c1)NCc1cccc(OC)c1.I. The summed E-state index contributed by atoms with van der Waals surface area (Å²) in [5.41, 5.74) is 2.41. The van der Waals surface area contributed by atoms with Gasteiger partial charge < -0.3 is 15.4 Å². The van der Waals surface area contributed by atoms with E-state index in [0.717, 1.165) is 36.7 Å². The molecule has 0 spiro atoms. The summed E-state index contributed by atoms with van der Waals surface area (Å²) in [6.07, 6.45) is 6.00. The number of guanidine groups is 1. The summed E-state index contributed by atoms with van der Waals surface area (Å²) in [5.74, 6) is 1.67. The normalized spacial score (nSPS) is 10.9. The number of halogens is 1. The van der Waals surface area contributed by atoms with Crippen molar-refractivity contribution in [1.82, 2.24) is 20.4 Å². The van der Waals surface area contributed by atoms with E-state index < -0.39 is 0 Å². The van der Waals surface area contributed by atoms with Gasteiger partial charge >= 0.3 is 0 Å². The van der Waals surface area contributed by atoms with Crippen molar-refractivity contribution in [2.24, 2.45) is 12.0 Å². The van der Waals surface area contributed by atoms with Crippen LogP contribution in [0.3, 0.4) is 0 Å². The number of ether oxygens (including phenoxy) is 1. The average molecular weight is 443 g/mol. The molecule has 0 bridgehead atoms. The summed E-state index contributed by atoms with van der Waals surface area (Å²) in [6.45, 7) is 1.58. The van der Waals surface area contributed by atoms with Gasteiger partial charge in [-0.25, -0.2) is 0 Å². The highest BCUT2D eigenvalue weighted by atomic mass is 127. The first-order chi connectivity index (χ1) is 11.2. The largest absolute Gasteiger partial charge is 0.497 e. The van der Waals surface area contributed by atoms with E-state index in [-0.39, 0.29) is 24.0 Å². The molecular formula is C17H26IN5O. The Bertz CT molecular complexity index is 641. The number of aromatic nitrogens is 2. The summed E-state index contributed by atoms with van der Waals surface area (Å²) in [4.78, 5) is 4.24. The van der Waals surface area contributed by atoms with Crippen LogP contribution >= 0.6 is 24.0 Å². The summed E-state index contributed by atoms with van der Waals surface area (Å²) in [6, 6.07) is 8.00. The Kier molecular flexibility index (Phi) is 9.21. The van der Waals surface area contributed by atoms with Gasteiger partial charge in [0.15, 0.2) is 5.96 Å². The Morgan fingerprint density at radius 1 is 1.29 bits per heavy atom. The van der Waals surface area contributed by atoms with E-state index in [1.165, 1.54) is 5.56 Å². The molecule has 2 N–H and O–H groups in total. The fourth-order valence-electron chi connectivity index (χ4n) is 2.29. The van der Waals surface area contributed by atoms with Gasteiger partial charge in [-0.05, 0) is 36.1 Å².